The first-order valence-corrected chi connectivity index (χ1v) is 14.0. The van der Waals surface area contributed by atoms with Crippen molar-refractivity contribution in [3.63, 3.8) is 0 Å². The van der Waals surface area contributed by atoms with Gasteiger partial charge in [0.15, 0.2) is 6.04 Å². The van der Waals surface area contributed by atoms with E-state index in [1.807, 2.05) is 42.5 Å². The number of hydrogen-bond acceptors (Lipinski definition) is 4. The average Bonchev–Trinajstić information content (AvgIpc) is 3.39. The second-order valence-corrected chi connectivity index (χ2v) is 10.9. The summed E-state index contributed by atoms with van der Waals surface area (Å²) < 4.78 is 42.9. The summed E-state index contributed by atoms with van der Waals surface area (Å²) in [5.41, 5.74) is 0.695. The van der Waals surface area contributed by atoms with E-state index in [0.717, 1.165) is 33.0 Å². The number of alkyl halides is 3. The molecule has 2 heterocycles. The van der Waals surface area contributed by atoms with E-state index in [1.54, 1.807) is 29.2 Å². The number of carboxylic acid groups (broad SMARTS) is 1. The summed E-state index contributed by atoms with van der Waals surface area (Å²) in [5, 5.41) is 21.4. The molecule has 0 saturated heterocycles. The van der Waals surface area contributed by atoms with Crippen LogP contribution in [0.25, 0.3) is 21.9 Å². The molecule has 1 N–H and O–H groups in total. The molecule has 0 saturated carbocycles. The third-order valence-electron chi connectivity index (χ3n) is 7.94. The highest BCUT2D eigenvalue weighted by atomic mass is 35.5. The maximum atomic E-state index is 13.9. The van der Waals surface area contributed by atoms with Crippen molar-refractivity contribution in [2.24, 2.45) is 0 Å². The Bertz CT molecular complexity index is 2040. The Morgan fingerprint density at radius 1 is 0.977 bits per heavy atom. The molecule has 44 heavy (non-hydrogen) atoms. The predicted octanol–water partition coefficient (Wildman–Crippen LogP) is 7.45. The second kappa shape index (κ2) is 11.2. The minimum absolute atomic E-state index is 0.0360. The number of nitrogens with zero attached hydrogens (tertiary/aromatic N) is 3. The van der Waals surface area contributed by atoms with E-state index in [0.29, 0.717) is 11.1 Å². The quantitative estimate of drug-likeness (QED) is 0.215. The maximum Gasteiger partial charge on any atom is 0.416 e. The zero-order valence-electron chi connectivity index (χ0n) is 23.0. The highest BCUT2D eigenvalue weighted by Crippen LogP contribution is 2.44. The van der Waals surface area contributed by atoms with Crippen molar-refractivity contribution in [2.45, 2.75) is 25.2 Å². The molecule has 0 radical (unpaired) electrons. The van der Waals surface area contributed by atoms with Crippen LogP contribution in [0, 0.1) is 11.3 Å². The molecule has 1 aliphatic rings. The lowest BCUT2D eigenvalue weighted by Gasteiger charge is -2.25. The number of nitriles is 1. The number of hydrogen-bond donors (Lipinski definition) is 1. The van der Waals surface area contributed by atoms with Gasteiger partial charge in [-0.15, -0.1) is 0 Å². The summed E-state index contributed by atoms with van der Waals surface area (Å²) in [6.07, 6.45) is -4.56. The molecule has 220 valence electrons. The van der Waals surface area contributed by atoms with E-state index in [-0.39, 0.29) is 47.0 Å². The van der Waals surface area contributed by atoms with Gasteiger partial charge in [-0.3, -0.25) is 9.36 Å². The largest absolute Gasteiger partial charge is 0.480 e. The van der Waals surface area contributed by atoms with Crippen molar-refractivity contribution in [3.05, 3.63) is 134 Å². The molecule has 6 nitrogen and oxygen atoms in total. The van der Waals surface area contributed by atoms with Gasteiger partial charge in [-0.25, -0.2) is 4.79 Å². The Morgan fingerprint density at radius 2 is 1.66 bits per heavy atom. The van der Waals surface area contributed by atoms with Gasteiger partial charge in [-0.05, 0) is 51.2 Å². The van der Waals surface area contributed by atoms with Crippen LogP contribution in [0.2, 0.25) is 5.02 Å². The Kier molecular flexibility index (Phi) is 7.39. The van der Waals surface area contributed by atoms with Crippen LogP contribution in [0.3, 0.4) is 0 Å². The minimum atomic E-state index is -4.65. The van der Waals surface area contributed by atoms with Gasteiger partial charge < -0.3 is 10.0 Å². The monoisotopic (exact) mass is 613 g/mol. The van der Waals surface area contributed by atoms with E-state index < -0.39 is 29.3 Å². The summed E-state index contributed by atoms with van der Waals surface area (Å²) in [4.78, 5) is 28.0. The van der Waals surface area contributed by atoms with Gasteiger partial charge in [0.05, 0.1) is 23.7 Å². The second-order valence-electron chi connectivity index (χ2n) is 10.6. The van der Waals surface area contributed by atoms with Crippen molar-refractivity contribution < 1.29 is 23.1 Å². The van der Waals surface area contributed by atoms with Gasteiger partial charge in [0.2, 0.25) is 0 Å². The van der Waals surface area contributed by atoms with Crippen LogP contribution < -0.4 is 10.5 Å². The first kappa shape index (κ1) is 29.0. The molecular weight excluding hydrogens is 591 g/mol. The van der Waals surface area contributed by atoms with E-state index in [4.69, 9.17) is 11.6 Å². The number of fused-ring (bicyclic) bond motifs is 2. The van der Waals surface area contributed by atoms with Gasteiger partial charge in [0.1, 0.15) is 10.8 Å². The van der Waals surface area contributed by atoms with Gasteiger partial charge in [0.25, 0.3) is 5.56 Å². The number of halogens is 4. The molecule has 1 aromatic heterocycles. The smallest absolute Gasteiger partial charge is 0.416 e. The molecule has 0 aliphatic carbocycles. The molecule has 0 spiro atoms. The van der Waals surface area contributed by atoms with Crippen LogP contribution in [0.5, 0.6) is 0 Å². The van der Waals surface area contributed by atoms with E-state index in [9.17, 15) is 33.1 Å². The molecule has 6 rings (SSSR count). The fourth-order valence-corrected chi connectivity index (χ4v) is 6.18. The summed E-state index contributed by atoms with van der Waals surface area (Å²) >= 11 is 6.78. The number of carboxylic acids is 1. The van der Waals surface area contributed by atoms with E-state index in [2.05, 4.69) is 6.07 Å². The summed E-state index contributed by atoms with van der Waals surface area (Å²) in [6, 6.07) is 25.5. The van der Waals surface area contributed by atoms with Crippen LogP contribution in [0.1, 0.15) is 33.9 Å². The number of aromatic nitrogens is 1. The van der Waals surface area contributed by atoms with Crippen molar-refractivity contribution in [1.29, 1.82) is 5.26 Å². The van der Waals surface area contributed by atoms with Crippen molar-refractivity contribution in [1.82, 2.24) is 4.57 Å². The Morgan fingerprint density at radius 3 is 2.41 bits per heavy atom. The fraction of sp³-hybridized carbons (Fsp3) is 0.147. The van der Waals surface area contributed by atoms with Gasteiger partial charge >= 0.3 is 12.1 Å². The Labute approximate surface area is 254 Å². The zero-order chi connectivity index (χ0) is 31.2. The SMILES string of the molecule is N#Cc1ccccc1CN1CC(C(=O)O)n2c1c(-c1cccc(C(F)(F)F)c1)c(Cc1cccc3ccccc13)c(Cl)c2=O. The highest BCUT2D eigenvalue weighted by molar-refractivity contribution is 6.32. The topological polar surface area (TPSA) is 86.3 Å². The van der Waals surface area contributed by atoms with Gasteiger partial charge in [-0.1, -0.05) is 84.4 Å². The van der Waals surface area contributed by atoms with E-state index in [1.165, 1.54) is 12.1 Å². The van der Waals surface area contributed by atoms with Crippen molar-refractivity contribution in [2.75, 3.05) is 11.4 Å². The van der Waals surface area contributed by atoms with E-state index >= 15 is 0 Å². The summed E-state index contributed by atoms with van der Waals surface area (Å²) in [6.45, 7) is -0.126. The molecule has 4 aromatic carbocycles. The molecule has 0 fully saturated rings. The molecule has 0 amide bonds. The highest BCUT2D eigenvalue weighted by Gasteiger charge is 2.40. The molecule has 1 unspecified atom stereocenters. The molecule has 0 bridgehead atoms. The minimum Gasteiger partial charge on any atom is -0.480 e. The summed E-state index contributed by atoms with van der Waals surface area (Å²) in [5.74, 6) is -1.16. The Hall–Kier alpha value is -5.07. The lowest BCUT2D eigenvalue weighted by atomic mass is 9.92. The standard InChI is InChI=1S/C34H23ClF3N3O3/c35-30-27(16-21-11-5-10-20-7-3-4-14-26(20)21)29(22-12-6-13-25(15-22)34(36,37)38)31-40(18-24-9-2-1-8-23(24)17-39)19-28(33(43)44)41(31)32(30)42/h1-15,28H,16,18-19H2,(H,43,44). The normalized spacial score (nSPS) is 14.4. The number of benzene rings is 4. The van der Waals surface area contributed by atoms with Gasteiger partial charge in [0, 0.05) is 18.5 Å². The zero-order valence-corrected chi connectivity index (χ0v) is 23.7. The summed E-state index contributed by atoms with van der Waals surface area (Å²) in [7, 11) is 0. The first-order valence-electron chi connectivity index (χ1n) is 13.7. The van der Waals surface area contributed by atoms with Crippen LogP contribution in [-0.2, 0) is 23.9 Å². The molecule has 1 atom stereocenters. The third-order valence-corrected chi connectivity index (χ3v) is 8.33. The number of carbonyl (C=O) groups is 1. The Balaban J connectivity index is 1.67. The third kappa shape index (κ3) is 5.07. The average molecular weight is 614 g/mol. The lowest BCUT2D eigenvalue weighted by molar-refractivity contribution is -0.140. The maximum absolute atomic E-state index is 13.9. The number of rotatable bonds is 6. The first-order chi connectivity index (χ1) is 21.1. The molecular formula is C34H23ClF3N3O3. The van der Waals surface area contributed by atoms with Crippen LogP contribution in [0.15, 0.2) is 95.8 Å². The van der Waals surface area contributed by atoms with Crippen LogP contribution >= 0.6 is 11.6 Å². The lowest BCUT2D eigenvalue weighted by Crippen LogP contribution is -2.29. The number of pyridine rings is 1. The number of anilines is 1. The van der Waals surface area contributed by atoms with Crippen LogP contribution in [0.4, 0.5) is 19.0 Å². The molecule has 10 heteroatoms. The molecule has 1 aliphatic heterocycles. The predicted molar refractivity (Wildman–Crippen MR) is 162 cm³/mol. The fourth-order valence-electron chi connectivity index (χ4n) is 5.93. The molecule has 5 aromatic rings. The van der Waals surface area contributed by atoms with Crippen molar-refractivity contribution >= 4 is 34.2 Å². The van der Waals surface area contributed by atoms with Gasteiger partial charge in [-0.2, -0.15) is 18.4 Å². The van der Waals surface area contributed by atoms with Crippen LogP contribution in [-0.4, -0.2) is 22.2 Å². The number of aliphatic carboxylic acids is 1. The van der Waals surface area contributed by atoms with Crippen molar-refractivity contribution in [3.8, 4) is 17.2 Å².